The molecule has 2 atom stereocenters. The second-order valence-corrected chi connectivity index (χ2v) is 7.43. The zero-order valence-electron chi connectivity index (χ0n) is 14.4. The molecule has 0 radical (unpaired) electrons. The van der Waals surface area contributed by atoms with Gasteiger partial charge in [0.2, 0.25) is 0 Å². The van der Waals surface area contributed by atoms with Gasteiger partial charge in [0.05, 0.1) is 6.10 Å². The maximum atomic E-state index is 5.57. The molecule has 1 aliphatic rings. The third kappa shape index (κ3) is 7.61. The van der Waals surface area contributed by atoms with E-state index in [4.69, 9.17) is 4.74 Å². The van der Waals surface area contributed by atoms with Crippen LogP contribution in [0.15, 0.2) is 0 Å². The largest absolute Gasteiger partial charge is 0.380 e. The van der Waals surface area contributed by atoms with Gasteiger partial charge in [-0.3, -0.25) is 0 Å². The maximum absolute atomic E-state index is 5.57. The van der Waals surface area contributed by atoms with E-state index >= 15 is 0 Å². The van der Waals surface area contributed by atoms with Crippen LogP contribution in [-0.2, 0) is 4.74 Å². The Morgan fingerprint density at radius 2 is 1.85 bits per heavy atom. The van der Waals surface area contributed by atoms with Gasteiger partial charge in [-0.15, -0.1) is 0 Å². The highest BCUT2D eigenvalue weighted by atomic mass is 16.5. The zero-order chi connectivity index (χ0) is 15.0. The highest BCUT2D eigenvalue weighted by Gasteiger charge is 2.25. The molecule has 1 heterocycles. The number of hydrogen-bond acceptors (Lipinski definition) is 3. The van der Waals surface area contributed by atoms with E-state index in [1.807, 2.05) is 7.11 Å². The number of piperidine rings is 1. The number of ether oxygens (including phenoxy) is 1. The summed E-state index contributed by atoms with van der Waals surface area (Å²) in [5, 5.41) is 3.55. The van der Waals surface area contributed by atoms with Crippen molar-refractivity contribution in [2.24, 2.45) is 5.92 Å². The Morgan fingerprint density at radius 1 is 1.15 bits per heavy atom. The predicted octanol–water partition coefficient (Wildman–Crippen LogP) is 3.29. The van der Waals surface area contributed by atoms with Gasteiger partial charge in [0.15, 0.2) is 0 Å². The van der Waals surface area contributed by atoms with Crippen molar-refractivity contribution in [1.82, 2.24) is 10.2 Å². The molecule has 1 fully saturated rings. The van der Waals surface area contributed by atoms with Crippen molar-refractivity contribution < 1.29 is 4.74 Å². The van der Waals surface area contributed by atoms with Gasteiger partial charge in [0, 0.05) is 19.2 Å². The average Bonchev–Trinajstić information content (AvgIpc) is 2.38. The molecule has 3 heteroatoms. The maximum Gasteiger partial charge on any atom is 0.0724 e. The molecule has 1 rings (SSSR count). The molecule has 0 amide bonds. The Hall–Kier alpha value is -0.120. The second-order valence-electron chi connectivity index (χ2n) is 7.43. The summed E-state index contributed by atoms with van der Waals surface area (Å²) >= 11 is 0. The smallest absolute Gasteiger partial charge is 0.0724 e. The van der Waals surface area contributed by atoms with Crippen molar-refractivity contribution in [3.05, 3.63) is 0 Å². The molecule has 0 aliphatic carbocycles. The second kappa shape index (κ2) is 9.01. The molecule has 1 N–H and O–H groups in total. The predicted molar refractivity (Wildman–Crippen MR) is 87.2 cm³/mol. The summed E-state index contributed by atoms with van der Waals surface area (Å²) in [7, 11) is 1.85. The Bertz CT molecular complexity index is 250. The van der Waals surface area contributed by atoms with Gasteiger partial charge < -0.3 is 15.0 Å². The molecule has 3 nitrogen and oxygen atoms in total. The monoisotopic (exact) mass is 284 g/mol. The topological polar surface area (TPSA) is 24.5 Å². The molecule has 120 valence electrons. The number of methoxy groups -OCH3 is 1. The van der Waals surface area contributed by atoms with Gasteiger partial charge in [0.25, 0.3) is 0 Å². The number of nitrogens with zero attached hydrogens (tertiary/aromatic N) is 1. The molecule has 1 saturated heterocycles. The van der Waals surface area contributed by atoms with Crippen LogP contribution >= 0.6 is 0 Å². The molecule has 2 unspecified atom stereocenters. The minimum absolute atomic E-state index is 0.264. The number of unbranched alkanes of at least 4 members (excludes halogenated alkanes) is 3. The Morgan fingerprint density at radius 3 is 2.50 bits per heavy atom. The summed E-state index contributed by atoms with van der Waals surface area (Å²) in [6.07, 6.45) is 7.07. The van der Waals surface area contributed by atoms with E-state index in [2.05, 4.69) is 37.9 Å². The third-order valence-electron chi connectivity index (χ3n) is 4.33. The SMILES string of the molecule is COC1CN(CCCCCCNC(C)(C)C)CCC1C. The lowest BCUT2D eigenvalue weighted by atomic mass is 9.95. The molecule has 0 aromatic heterocycles. The van der Waals surface area contributed by atoms with Crippen molar-refractivity contribution in [3.63, 3.8) is 0 Å². The summed E-state index contributed by atoms with van der Waals surface area (Å²) < 4.78 is 5.57. The molecule has 0 aromatic rings. The van der Waals surface area contributed by atoms with Crippen LogP contribution in [0.2, 0.25) is 0 Å². The fraction of sp³-hybridized carbons (Fsp3) is 1.00. The van der Waals surface area contributed by atoms with E-state index in [-0.39, 0.29) is 5.54 Å². The van der Waals surface area contributed by atoms with Gasteiger partial charge in [-0.05, 0) is 65.6 Å². The molecule has 0 saturated carbocycles. The van der Waals surface area contributed by atoms with E-state index in [9.17, 15) is 0 Å². The van der Waals surface area contributed by atoms with Crippen LogP contribution in [-0.4, -0.2) is 49.8 Å². The Kier molecular flexibility index (Phi) is 8.08. The summed E-state index contributed by atoms with van der Waals surface area (Å²) in [5.41, 5.74) is 0.264. The quantitative estimate of drug-likeness (QED) is 0.692. The number of nitrogens with one attached hydrogen (secondary N) is 1. The van der Waals surface area contributed by atoms with Crippen LogP contribution in [0.3, 0.4) is 0 Å². The first-order chi connectivity index (χ1) is 9.42. The fourth-order valence-electron chi connectivity index (χ4n) is 2.89. The van der Waals surface area contributed by atoms with Gasteiger partial charge in [-0.25, -0.2) is 0 Å². The number of hydrogen-bond donors (Lipinski definition) is 1. The minimum atomic E-state index is 0.264. The van der Waals surface area contributed by atoms with E-state index in [0.717, 1.165) is 19.0 Å². The van der Waals surface area contributed by atoms with Crippen molar-refractivity contribution in [2.75, 3.05) is 33.3 Å². The Labute approximate surface area is 126 Å². The normalized spacial score (nSPS) is 25.1. The first kappa shape index (κ1) is 17.9. The van der Waals surface area contributed by atoms with Gasteiger partial charge in [0.1, 0.15) is 0 Å². The van der Waals surface area contributed by atoms with Crippen molar-refractivity contribution in [2.45, 2.75) is 71.4 Å². The molecule has 0 bridgehead atoms. The number of likely N-dealkylation sites (tertiary alicyclic amines) is 1. The molecular formula is C17H36N2O. The summed E-state index contributed by atoms with van der Waals surface area (Å²) in [6, 6.07) is 0. The van der Waals surface area contributed by atoms with Crippen LogP contribution in [0.4, 0.5) is 0 Å². The van der Waals surface area contributed by atoms with E-state index in [0.29, 0.717) is 6.10 Å². The first-order valence-corrected chi connectivity index (χ1v) is 8.42. The van der Waals surface area contributed by atoms with Gasteiger partial charge in [-0.2, -0.15) is 0 Å². The summed E-state index contributed by atoms with van der Waals surface area (Å²) in [4.78, 5) is 2.58. The van der Waals surface area contributed by atoms with Crippen LogP contribution < -0.4 is 5.32 Å². The van der Waals surface area contributed by atoms with Crippen molar-refractivity contribution in [3.8, 4) is 0 Å². The minimum Gasteiger partial charge on any atom is -0.380 e. The first-order valence-electron chi connectivity index (χ1n) is 8.42. The lowest BCUT2D eigenvalue weighted by molar-refractivity contribution is -0.00526. The molecule has 1 aliphatic heterocycles. The average molecular weight is 284 g/mol. The number of rotatable bonds is 8. The lowest BCUT2D eigenvalue weighted by Gasteiger charge is -2.36. The highest BCUT2D eigenvalue weighted by molar-refractivity contribution is 4.78. The molecular weight excluding hydrogens is 248 g/mol. The van der Waals surface area contributed by atoms with E-state index < -0.39 is 0 Å². The van der Waals surface area contributed by atoms with Crippen molar-refractivity contribution in [1.29, 1.82) is 0 Å². The molecule has 20 heavy (non-hydrogen) atoms. The van der Waals surface area contributed by atoms with Crippen LogP contribution in [0, 0.1) is 5.92 Å². The van der Waals surface area contributed by atoms with E-state index in [1.165, 1.54) is 45.2 Å². The highest BCUT2D eigenvalue weighted by Crippen LogP contribution is 2.19. The summed E-state index contributed by atoms with van der Waals surface area (Å²) in [5.74, 6) is 0.722. The van der Waals surface area contributed by atoms with E-state index in [1.54, 1.807) is 0 Å². The lowest BCUT2D eigenvalue weighted by Crippen LogP contribution is -2.44. The summed E-state index contributed by atoms with van der Waals surface area (Å²) in [6.45, 7) is 13.8. The Balaban J connectivity index is 1.99. The molecule has 0 aromatic carbocycles. The zero-order valence-corrected chi connectivity index (χ0v) is 14.4. The fourth-order valence-corrected chi connectivity index (χ4v) is 2.89. The van der Waals surface area contributed by atoms with Crippen LogP contribution in [0.1, 0.15) is 59.8 Å². The van der Waals surface area contributed by atoms with Crippen molar-refractivity contribution >= 4 is 0 Å². The van der Waals surface area contributed by atoms with Gasteiger partial charge >= 0.3 is 0 Å². The van der Waals surface area contributed by atoms with Gasteiger partial charge in [-0.1, -0.05) is 19.8 Å². The third-order valence-corrected chi connectivity index (χ3v) is 4.33. The van der Waals surface area contributed by atoms with Crippen LogP contribution in [0.25, 0.3) is 0 Å². The van der Waals surface area contributed by atoms with Crippen LogP contribution in [0.5, 0.6) is 0 Å². The standard InChI is InChI=1S/C17H36N2O/c1-15-10-13-19(14-16(15)20-5)12-9-7-6-8-11-18-17(2,3)4/h15-16,18H,6-14H2,1-5H3. The molecule has 0 spiro atoms.